The SMILES string of the molecule is CN(Cc1ccccc1)S(=O)(=O)c1cc(CCl)n(C)c1. The molecule has 2 aromatic rings. The Morgan fingerprint density at radius 2 is 1.90 bits per heavy atom. The summed E-state index contributed by atoms with van der Waals surface area (Å²) in [5.41, 5.74) is 1.73. The summed E-state index contributed by atoms with van der Waals surface area (Å²) in [5.74, 6) is 0.286. The van der Waals surface area contributed by atoms with E-state index in [0.717, 1.165) is 11.3 Å². The lowest BCUT2D eigenvalue weighted by atomic mass is 10.2. The summed E-state index contributed by atoms with van der Waals surface area (Å²) in [7, 11) is -0.130. The molecule has 20 heavy (non-hydrogen) atoms. The van der Waals surface area contributed by atoms with E-state index in [1.165, 1.54) is 4.31 Å². The molecule has 0 radical (unpaired) electrons. The fourth-order valence-electron chi connectivity index (χ4n) is 1.96. The van der Waals surface area contributed by atoms with Crippen LogP contribution in [0.4, 0.5) is 0 Å². The van der Waals surface area contributed by atoms with Crippen LogP contribution in [0.15, 0.2) is 47.5 Å². The fourth-order valence-corrected chi connectivity index (χ4v) is 3.48. The summed E-state index contributed by atoms with van der Waals surface area (Å²) < 4.78 is 28.1. The van der Waals surface area contributed by atoms with Crippen molar-refractivity contribution in [2.45, 2.75) is 17.3 Å². The van der Waals surface area contributed by atoms with Crippen molar-refractivity contribution < 1.29 is 8.42 Å². The average molecular weight is 313 g/mol. The molecular weight excluding hydrogens is 296 g/mol. The molecule has 6 heteroatoms. The van der Waals surface area contributed by atoms with Gasteiger partial charge in [-0.1, -0.05) is 30.3 Å². The summed E-state index contributed by atoms with van der Waals surface area (Å²) in [5, 5.41) is 0. The Hall–Kier alpha value is -1.30. The maximum Gasteiger partial charge on any atom is 0.244 e. The minimum Gasteiger partial charge on any atom is -0.352 e. The molecule has 0 N–H and O–H groups in total. The van der Waals surface area contributed by atoms with Crippen LogP contribution in [0.5, 0.6) is 0 Å². The summed E-state index contributed by atoms with van der Waals surface area (Å²) in [6.45, 7) is 0.342. The second-order valence-electron chi connectivity index (χ2n) is 4.66. The molecule has 0 saturated carbocycles. The molecule has 4 nitrogen and oxygen atoms in total. The molecule has 1 heterocycles. The van der Waals surface area contributed by atoms with E-state index < -0.39 is 10.0 Å². The van der Waals surface area contributed by atoms with E-state index in [2.05, 4.69) is 0 Å². The molecule has 0 aliphatic heterocycles. The molecule has 0 spiro atoms. The number of benzene rings is 1. The van der Waals surface area contributed by atoms with E-state index in [1.807, 2.05) is 30.3 Å². The molecule has 1 aromatic carbocycles. The summed E-state index contributed by atoms with van der Waals surface area (Å²) in [6, 6.07) is 11.1. The number of aromatic nitrogens is 1. The van der Waals surface area contributed by atoms with Gasteiger partial charge < -0.3 is 4.57 Å². The van der Waals surface area contributed by atoms with Gasteiger partial charge >= 0.3 is 0 Å². The van der Waals surface area contributed by atoms with Gasteiger partial charge in [0.2, 0.25) is 10.0 Å². The van der Waals surface area contributed by atoms with Crippen LogP contribution in [-0.2, 0) is 29.5 Å². The van der Waals surface area contributed by atoms with Crippen LogP contribution in [0, 0.1) is 0 Å². The average Bonchev–Trinajstić information content (AvgIpc) is 2.81. The van der Waals surface area contributed by atoms with Gasteiger partial charge in [-0.2, -0.15) is 4.31 Å². The van der Waals surface area contributed by atoms with Crippen molar-refractivity contribution in [3.63, 3.8) is 0 Å². The Morgan fingerprint density at radius 1 is 1.25 bits per heavy atom. The Labute approximate surface area is 124 Å². The summed E-state index contributed by atoms with van der Waals surface area (Å²) >= 11 is 5.78. The van der Waals surface area contributed by atoms with Crippen LogP contribution in [-0.4, -0.2) is 24.3 Å². The van der Waals surface area contributed by atoms with Gasteiger partial charge in [-0.25, -0.2) is 8.42 Å². The minimum atomic E-state index is -3.50. The number of rotatable bonds is 5. The van der Waals surface area contributed by atoms with E-state index in [1.54, 1.807) is 30.9 Å². The smallest absolute Gasteiger partial charge is 0.244 e. The first-order valence-electron chi connectivity index (χ1n) is 6.16. The molecule has 0 aliphatic carbocycles. The van der Waals surface area contributed by atoms with Gasteiger partial charge in [0.05, 0.1) is 5.88 Å². The molecule has 108 valence electrons. The first kappa shape index (κ1) is 15.1. The van der Waals surface area contributed by atoms with Gasteiger partial charge in [-0.05, 0) is 11.6 Å². The third-order valence-electron chi connectivity index (χ3n) is 3.18. The second kappa shape index (κ2) is 5.99. The van der Waals surface area contributed by atoms with Crippen molar-refractivity contribution in [2.75, 3.05) is 7.05 Å². The third kappa shape index (κ3) is 3.06. The third-order valence-corrected chi connectivity index (χ3v) is 5.22. The maximum absolute atomic E-state index is 12.5. The second-order valence-corrected chi connectivity index (χ2v) is 6.97. The Bertz CT molecular complexity index is 680. The summed E-state index contributed by atoms with van der Waals surface area (Å²) in [6.07, 6.45) is 1.59. The van der Waals surface area contributed by atoms with Crippen LogP contribution in [0.2, 0.25) is 0 Å². The zero-order valence-corrected chi connectivity index (χ0v) is 13.0. The molecule has 0 bridgehead atoms. The van der Waals surface area contributed by atoms with Crippen LogP contribution in [0.25, 0.3) is 0 Å². The topological polar surface area (TPSA) is 42.3 Å². The summed E-state index contributed by atoms with van der Waals surface area (Å²) in [4.78, 5) is 0.272. The normalized spacial score (nSPS) is 12.0. The highest BCUT2D eigenvalue weighted by atomic mass is 35.5. The number of aryl methyl sites for hydroxylation is 1. The predicted molar refractivity (Wildman–Crippen MR) is 80.1 cm³/mol. The molecule has 0 aliphatic rings. The van der Waals surface area contributed by atoms with Gasteiger partial charge in [-0.3, -0.25) is 0 Å². The number of nitrogens with zero attached hydrogens (tertiary/aromatic N) is 2. The fraction of sp³-hybridized carbons (Fsp3) is 0.286. The van der Waals surface area contributed by atoms with E-state index in [4.69, 9.17) is 11.6 Å². The molecule has 0 unspecified atom stereocenters. The zero-order valence-electron chi connectivity index (χ0n) is 11.5. The Balaban J connectivity index is 2.25. The van der Waals surface area contributed by atoms with Gasteiger partial charge in [0.15, 0.2) is 0 Å². The standard InChI is InChI=1S/C14H17ClN2O2S/c1-16-11-14(8-13(16)9-15)20(18,19)17(2)10-12-6-4-3-5-7-12/h3-8,11H,9-10H2,1-2H3. The van der Waals surface area contributed by atoms with Gasteiger partial charge in [0.1, 0.15) is 4.90 Å². The molecule has 1 aromatic heterocycles. The van der Waals surface area contributed by atoms with E-state index in [0.29, 0.717) is 6.54 Å². The first-order chi connectivity index (χ1) is 9.45. The van der Waals surface area contributed by atoms with Crippen molar-refractivity contribution in [1.82, 2.24) is 8.87 Å². The molecular formula is C14H17ClN2O2S. The number of hydrogen-bond acceptors (Lipinski definition) is 2. The molecule has 0 atom stereocenters. The monoisotopic (exact) mass is 312 g/mol. The van der Waals surface area contributed by atoms with Crippen molar-refractivity contribution in [2.24, 2.45) is 7.05 Å². The zero-order chi connectivity index (χ0) is 14.8. The van der Waals surface area contributed by atoms with Crippen LogP contribution in [0.1, 0.15) is 11.3 Å². The minimum absolute atomic E-state index is 0.272. The van der Waals surface area contributed by atoms with E-state index in [-0.39, 0.29) is 10.8 Å². The molecule has 0 amide bonds. The van der Waals surface area contributed by atoms with Gasteiger partial charge in [0.25, 0.3) is 0 Å². The van der Waals surface area contributed by atoms with Crippen LogP contribution < -0.4 is 0 Å². The number of sulfonamides is 1. The Morgan fingerprint density at radius 3 is 2.45 bits per heavy atom. The Kier molecular flexibility index (Phi) is 4.52. The maximum atomic E-state index is 12.5. The largest absolute Gasteiger partial charge is 0.352 e. The quantitative estimate of drug-likeness (QED) is 0.796. The molecule has 2 rings (SSSR count). The number of halogens is 1. The lowest BCUT2D eigenvalue weighted by Crippen LogP contribution is -2.26. The van der Waals surface area contributed by atoms with Crippen molar-refractivity contribution in [1.29, 1.82) is 0 Å². The number of hydrogen-bond donors (Lipinski definition) is 0. The number of alkyl halides is 1. The lowest BCUT2D eigenvalue weighted by Gasteiger charge is -2.16. The lowest BCUT2D eigenvalue weighted by molar-refractivity contribution is 0.466. The van der Waals surface area contributed by atoms with E-state index >= 15 is 0 Å². The van der Waals surface area contributed by atoms with Crippen molar-refractivity contribution in [3.05, 3.63) is 53.9 Å². The van der Waals surface area contributed by atoms with Gasteiger partial charge in [0, 0.05) is 32.5 Å². The molecule has 0 fully saturated rings. The van der Waals surface area contributed by atoms with E-state index in [9.17, 15) is 8.42 Å². The first-order valence-corrected chi connectivity index (χ1v) is 8.14. The van der Waals surface area contributed by atoms with Crippen molar-refractivity contribution in [3.8, 4) is 0 Å². The van der Waals surface area contributed by atoms with Crippen LogP contribution in [0.3, 0.4) is 0 Å². The molecule has 0 saturated heterocycles. The van der Waals surface area contributed by atoms with Gasteiger partial charge in [-0.15, -0.1) is 11.6 Å². The highest BCUT2D eigenvalue weighted by Gasteiger charge is 2.23. The van der Waals surface area contributed by atoms with Crippen molar-refractivity contribution >= 4 is 21.6 Å². The predicted octanol–water partition coefficient (Wildman–Crippen LogP) is 2.58. The highest BCUT2D eigenvalue weighted by Crippen LogP contribution is 2.20. The highest BCUT2D eigenvalue weighted by molar-refractivity contribution is 7.89. The van der Waals surface area contributed by atoms with Crippen LogP contribution >= 0.6 is 11.6 Å².